The predicted molar refractivity (Wildman–Crippen MR) is 79.2 cm³/mol. The summed E-state index contributed by atoms with van der Waals surface area (Å²) < 4.78 is 5.23. The Hall–Kier alpha value is -1.78. The molecule has 4 heteroatoms. The molecule has 0 saturated carbocycles. The van der Waals surface area contributed by atoms with Crippen molar-refractivity contribution in [2.75, 3.05) is 7.11 Å². The summed E-state index contributed by atoms with van der Waals surface area (Å²) in [7, 11) is 1.72. The minimum Gasteiger partial charge on any atom is -0.380 e. The van der Waals surface area contributed by atoms with Gasteiger partial charge in [-0.2, -0.15) is 0 Å². The van der Waals surface area contributed by atoms with Gasteiger partial charge in [-0.1, -0.05) is 24.3 Å². The van der Waals surface area contributed by atoms with Crippen LogP contribution in [-0.2, 0) is 17.9 Å². The number of rotatable bonds is 6. The third kappa shape index (κ3) is 3.62. The second-order valence-electron chi connectivity index (χ2n) is 4.83. The van der Waals surface area contributed by atoms with Crippen molar-refractivity contribution < 1.29 is 4.74 Å². The van der Waals surface area contributed by atoms with E-state index in [0.717, 1.165) is 17.9 Å². The van der Waals surface area contributed by atoms with Crippen LogP contribution in [-0.4, -0.2) is 17.1 Å². The van der Waals surface area contributed by atoms with Crippen LogP contribution >= 0.6 is 0 Å². The zero-order valence-electron chi connectivity index (χ0n) is 12.3. The van der Waals surface area contributed by atoms with Gasteiger partial charge in [0, 0.05) is 32.1 Å². The van der Waals surface area contributed by atoms with E-state index < -0.39 is 0 Å². The monoisotopic (exact) mass is 271 g/mol. The van der Waals surface area contributed by atoms with Crippen molar-refractivity contribution >= 4 is 0 Å². The van der Waals surface area contributed by atoms with Crippen LogP contribution in [0.15, 0.2) is 36.7 Å². The Morgan fingerprint density at radius 2 is 1.85 bits per heavy atom. The van der Waals surface area contributed by atoms with Crippen molar-refractivity contribution in [1.29, 1.82) is 0 Å². The topological polar surface area (TPSA) is 47.0 Å². The first-order valence-corrected chi connectivity index (χ1v) is 6.79. The van der Waals surface area contributed by atoms with E-state index >= 15 is 0 Å². The number of nitrogens with one attached hydrogen (secondary N) is 1. The molecular weight excluding hydrogens is 250 g/mol. The van der Waals surface area contributed by atoms with E-state index in [4.69, 9.17) is 4.74 Å². The molecule has 1 N–H and O–H groups in total. The maximum absolute atomic E-state index is 5.23. The molecule has 0 aliphatic rings. The van der Waals surface area contributed by atoms with Gasteiger partial charge >= 0.3 is 0 Å². The molecule has 0 bridgehead atoms. The maximum atomic E-state index is 5.23. The van der Waals surface area contributed by atoms with Crippen molar-refractivity contribution in [2.24, 2.45) is 0 Å². The number of hydrogen-bond donors (Lipinski definition) is 1. The molecule has 2 rings (SSSR count). The third-order valence-electron chi connectivity index (χ3n) is 3.35. The van der Waals surface area contributed by atoms with Crippen molar-refractivity contribution in [2.45, 2.75) is 33.0 Å². The van der Waals surface area contributed by atoms with Crippen LogP contribution in [0.3, 0.4) is 0 Å². The summed E-state index contributed by atoms with van der Waals surface area (Å²) in [6.07, 6.45) is 3.46. The van der Waals surface area contributed by atoms with E-state index in [1.807, 2.05) is 13.0 Å². The highest BCUT2D eigenvalue weighted by Crippen LogP contribution is 2.15. The number of aromatic nitrogens is 2. The van der Waals surface area contributed by atoms with Gasteiger partial charge in [0.1, 0.15) is 0 Å². The fourth-order valence-electron chi connectivity index (χ4n) is 2.23. The van der Waals surface area contributed by atoms with Crippen molar-refractivity contribution in [1.82, 2.24) is 15.3 Å². The largest absolute Gasteiger partial charge is 0.380 e. The quantitative estimate of drug-likeness (QED) is 0.877. The lowest BCUT2D eigenvalue weighted by atomic mass is 10.1. The summed E-state index contributed by atoms with van der Waals surface area (Å²) in [6.45, 7) is 5.52. The van der Waals surface area contributed by atoms with Gasteiger partial charge in [0.15, 0.2) is 0 Å². The average Bonchev–Trinajstić information content (AvgIpc) is 2.47. The summed E-state index contributed by atoms with van der Waals surface area (Å²) in [6, 6.07) is 8.47. The molecule has 0 aliphatic carbocycles. The molecule has 0 aliphatic heterocycles. The van der Waals surface area contributed by atoms with E-state index in [1.54, 1.807) is 19.5 Å². The zero-order valence-corrected chi connectivity index (χ0v) is 12.3. The first kappa shape index (κ1) is 14.6. The van der Waals surface area contributed by atoms with Crippen molar-refractivity contribution in [3.05, 3.63) is 59.2 Å². The molecule has 0 fully saturated rings. The smallest absolute Gasteiger partial charge is 0.0782 e. The number of hydrogen-bond acceptors (Lipinski definition) is 4. The van der Waals surface area contributed by atoms with Gasteiger partial charge in [-0.25, -0.2) is 0 Å². The normalized spacial score (nSPS) is 12.3. The lowest BCUT2D eigenvalue weighted by Crippen LogP contribution is -2.21. The van der Waals surface area contributed by atoms with Crippen LogP contribution in [0.2, 0.25) is 0 Å². The third-order valence-corrected chi connectivity index (χ3v) is 3.35. The maximum Gasteiger partial charge on any atom is 0.0782 e. The van der Waals surface area contributed by atoms with Crippen molar-refractivity contribution in [3.8, 4) is 0 Å². The highest BCUT2D eigenvalue weighted by Gasteiger charge is 2.10. The number of ether oxygens (including phenoxy) is 1. The SMILES string of the molecule is COCc1ccccc1CNC(C)c1nccnc1C. The summed E-state index contributed by atoms with van der Waals surface area (Å²) in [5.41, 5.74) is 4.43. The second-order valence-corrected chi connectivity index (χ2v) is 4.83. The van der Waals surface area contributed by atoms with Gasteiger partial charge < -0.3 is 10.1 Å². The van der Waals surface area contributed by atoms with Crippen LogP contribution < -0.4 is 5.32 Å². The molecule has 106 valence electrons. The van der Waals surface area contributed by atoms with Crippen molar-refractivity contribution in [3.63, 3.8) is 0 Å². The van der Waals surface area contributed by atoms with Gasteiger partial charge in [0.05, 0.1) is 18.0 Å². The molecule has 0 spiro atoms. The first-order chi connectivity index (χ1) is 9.72. The molecular formula is C16H21N3O. The van der Waals surface area contributed by atoms with Gasteiger partial charge in [0.25, 0.3) is 0 Å². The van der Waals surface area contributed by atoms with E-state index in [0.29, 0.717) is 6.61 Å². The summed E-state index contributed by atoms with van der Waals surface area (Å²) in [4.78, 5) is 8.68. The fourth-order valence-corrected chi connectivity index (χ4v) is 2.23. The molecule has 0 radical (unpaired) electrons. The Balaban J connectivity index is 2.04. The van der Waals surface area contributed by atoms with Gasteiger partial charge in [-0.15, -0.1) is 0 Å². The van der Waals surface area contributed by atoms with Crippen LogP contribution in [0.5, 0.6) is 0 Å². The predicted octanol–water partition coefficient (Wildman–Crippen LogP) is 2.78. The van der Waals surface area contributed by atoms with Crippen LogP contribution in [0.1, 0.15) is 35.5 Å². The number of methoxy groups -OCH3 is 1. The lowest BCUT2D eigenvalue weighted by molar-refractivity contribution is 0.184. The Bertz CT molecular complexity index is 557. The Morgan fingerprint density at radius 1 is 1.15 bits per heavy atom. The first-order valence-electron chi connectivity index (χ1n) is 6.79. The van der Waals surface area contributed by atoms with Crippen LogP contribution in [0, 0.1) is 6.92 Å². The van der Waals surface area contributed by atoms with Gasteiger partial charge in [0.2, 0.25) is 0 Å². The molecule has 20 heavy (non-hydrogen) atoms. The summed E-state index contributed by atoms with van der Waals surface area (Å²) >= 11 is 0. The second kappa shape index (κ2) is 7.12. The average molecular weight is 271 g/mol. The highest BCUT2D eigenvalue weighted by molar-refractivity contribution is 5.26. The van der Waals surface area contributed by atoms with Gasteiger partial charge in [-0.3, -0.25) is 9.97 Å². The molecule has 0 amide bonds. The minimum atomic E-state index is 0.166. The molecule has 4 nitrogen and oxygen atoms in total. The molecule has 1 heterocycles. The number of benzene rings is 1. The molecule has 2 aromatic rings. The molecule has 0 saturated heterocycles. The lowest BCUT2D eigenvalue weighted by Gasteiger charge is -2.16. The van der Waals surface area contributed by atoms with Gasteiger partial charge in [-0.05, 0) is 25.0 Å². The molecule has 1 atom stereocenters. The fraction of sp³-hybridized carbons (Fsp3) is 0.375. The summed E-state index contributed by atoms with van der Waals surface area (Å²) in [5.74, 6) is 0. The standard InChI is InChI=1S/C16H21N3O/c1-12-16(18-9-8-17-12)13(2)19-10-14-6-4-5-7-15(14)11-20-3/h4-9,13,19H,10-11H2,1-3H3. The van der Waals surface area contributed by atoms with E-state index in [2.05, 4.69) is 40.4 Å². The minimum absolute atomic E-state index is 0.166. The molecule has 1 aromatic carbocycles. The van der Waals surface area contributed by atoms with E-state index in [9.17, 15) is 0 Å². The summed E-state index contributed by atoms with van der Waals surface area (Å²) in [5, 5.41) is 3.50. The number of aryl methyl sites for hydroxylation is 1. The Kier molecular flexibility index (Phi) is 5.21. The van der Waals surface area contributed by atoms with E-state index in [1.165, 1.54) is 11.1 Å². The van der Waals surface area contributed by atoms with E-state index in [-0.39, 0.29) is 6.04 Å². The molecule has 1 aromatic heterocycles. The van der Waals surface area contributed by atoms with Crippen LogP contribution in [0.4, 0.5) is 0 Å². The zero-order chi connectivity index (χ0) is 14.4. The molecule has 1 unspecified atom stereocenters. The Morgan fingerprint density at radius 3 is 2.55 bits per heavy atom. The number of nitrogens with zero attached hydrogens (tertiary/aromatic N) is 2. The Labute approximate surface area is 120 Å². The highest BCUT2D eigenvalue weighted by atomic mass is 16.5. The van der Waals surface area contributed by atoms with Crippen LogP contribution in [0.25, 0.3) is 0 Å².